The van der Waals surface area contributed by atoms with Crippen LogP contribution < -0.4 is 15.0 Å². The Hall–Kier alpha value is -4.94. The van der Waals surface area contributed by atoms with Crippen LogP contribution in [0.4, 0.5) is 18.9 Å². The molecule has 0 saturated heterocycles. The van der Waals surface area contributed by atoms with E-state index in [0.29, 0.717) is 17.0 Å². The SMILES string of the molecule is COc1ccc(-n2c(=O)c(-c3ccc4nn(C)cc4c3)nc3c(/N=C/N(C)C)cc(OCC(F)(F)F)nc32)cc1. The van der Waals surface area contributed by atoms with Gasteiger partial charge >= 0.3 is 6.18 Å². The van der Waals surface area contributed by atoms with E-state index in [9.17, 15) is 18.0 Å². The smallest absolute Gasteiger partial charge is 0.422 e. The first-order chi connectivity index (χ1) is 19.0. The Morgan fingerprint density at radius 2 is 1.82 bits per heavy atom. The average molecular weight is 552 g/mol. The van der Waals surface area contributed by atoms with Crippen LogP contribution in [0.15, 0.2) is 64.5 Å². The lowest BCUT2D eigenvalue weighted by molar-refractivity contribution is -0.154. The molecule has 0 fully saturated rings. The molecular formula is C27H24F3N7O3. The predicted molar refractivity (Wildman–Crippen MR) is 145 cm³/mol. The van der Waals surface area contributed by atoms with Gasteiger partial charge in [0.05, 0.1) is 30.3 Å². The lowest BCUT2D eigenvalue weighted by Gasteiger charge is -2.16. The minimum absolute atomic E-state index is 0.0213. The van der Waals surface area contributed by atoms with Crippen molar-refractivity contribution in [3.63, 3.8) is 0 Å². The van der Waals surface area contributed by atoms with Crippen LogP contribution in [0.1, 0.15) is 0 Å². The predicted octanol–water partition coefficient (Wildman–Crippen LogP) is 4.51. The highest BCUT2D eigenvalue weighted by Gasteiger charge is 2.29. The Bertz CT molecular complexity index is 1790. The van der Waals surface area contributed by atoms with Crippen LogP contribution in [0.25, 0.3) is 39.0 Å². The van der Waals surface area contributed by atoms with Gasteiger partial charge in [0.15, 0.2) is 12.3 Å². The summed E-state index contributed by atoms with van der Waals surface area (Å²) in [6, 6.07) is 13.2. The highest BCUT2D eigenvalue weighted by molar-refractivity contribution is 5.90. The standard InChI is InChI=1S/C27H24F3N7O3/c1-35(2)15-31-21-12-22(40-14-27(28,29)30)32-25-24(21)33-23(16-5-10-20-17(11-16)13-36(3)34-20)26(38)37(25)18-6-8-19(39-4)9-7-18/h5-13,15H,14H2,1-4H3/b31-15+. The number of halogens is 3. The fraction of sp³-hybridized carbons (Fsp3) is 0.222. The quantitative estimate of drug-likeness (QED) is 0.217. The van der Waals surface area contributed by atoms with Crippen molar-refractivity contribution < 1.29 is 22.6 Å². The Morgan fingerprint density at radius 3 is 2.50 bits per heavy atom. The highest BCUT2D eigenvalue weighted by Crippen LogP contribution is 2.31. The molecule has 3 heterocycles. The van der Waals surface area contributed by atoms with Gasteiger partial charge in [0.1, 0.15) is 17.0 Å². The van der Waals surface area contributed by atoms with Gasteiger partial charge in [0.2, 0.25) is 5.88 Å². The molecule has 0 saturated carbocycles. The number of aliphatic imine (C=N–C) groups is 1. The van der Waals surface area contributed by atoms with Gasteiger partial charge in [-0.05, 0) is 36.4 Å². The third-order valence-corrected chi connectivity index (χ3v) is 5.81. The molecule has 5 aromatic rings. The van der Waals surface area contributed by atoms with Crippen molar-refractivity contribution in [2.75, 3.05) is 27.8 Å². The number of hydrogen-bond acceptors (Lipinski definition) is 7. The molecule has 10 nitrogen and oxygen atoms in total. The fourth-order valence-electron chi connectivity index (χ4n) is 4.08. The van der Waals surface area contributed by atoms with Crippen molar-refractivity contribution in [3.05, 3.63) is 65.1 Å². The molecule has 0 N–H and O–H groups in total. The van der Waals surface area contributed by atoms with Crippen molar-refractivity contribution >= 4 is 34.1 Å². The van der Waals surface area contributed by atoms with Gasteiger partial charge in [0.25, 0.3) is 5.56 Å². The van der Waals surface area contributed by atoms with E-state index in [1.54, 1.807) is 73.2 Å². The molecule has 0 amide bonds. The van der Waals surface area contributed by atoms with Crippen LogP contribution >= 0.6 is 0 Å². The normalized spacial score (nSPS) is 12.0. The summed E-state index contributed by atoms with van der Waals surface area (Å²) in [4.78, 5) is 29.0. The molecule has 3 aromatic heterocycles. The van der Waals surface area contributed by atoms with Crippen molar-refractivity contribution in [1.82, 2.24) is 29.2 Å². The van der Waals surface area contributed by atoms with E-state index in [2.05, 4.69) is 20.1 Å². The third kappa shape index (κ3) is 5.44. The zero-order valence-electron chi connectivity index (χ0n) is 22.0. The zero-order valence-corrected chi connectivity index (χ0v) is 22.0. The molecule has 0 aliphatic heterocycles. The van der Waals surface area contributed by atoms with E-state index in [1.165, 1.54) is 24.1 Å². The van der Waals surface area contributed by atoms with Gasteiger partial charge < -0.3 is 14.4 Å². The summed E-state index contributed by atoms with van der Waals surface area (Å²) in [6.45, 7) is -1.56. The zero-order chi connectivity index (χ0) is 28.6. The van der Waals surface area contributed by atoms with Crippen LogP contribution in [0.3, 0.4) is 0 Å². The lowest BCUT2D eigenvalue weighted by atomic mass is 10.1. The Balaban J connectivity index is 1.83. The molecule has 0 bridgehead atoms. The monoisotopic (exact) mass is 551 g/mol. The molecule has 0 unspecified atom stereocenters. The fourth-order valence-corrected chi connectivity index (χ4v) is 4.08. The Labute approximate surface area is 225 Å². The van der Waals surface area contributed by atoms with E-state index in [-0.39, 0.29) is 28.4 Å². The maximum absolute atomic E-state index is 14.0. The summed E-state index contributed by atoms with van der Waals surface area (Å²) >= 11 is 0. The first-order valence-electron chi connectivity index (χ1n) is 12.0. The molecule has 2 aromatic carbocycles. The number of nitrogens with zero attached hydrogens (tertiary/aromatic N) is 7. The molecule has 0 aliphatic rings. The first kappa shape index (κ1) is 26.7. The Morgan fingerprint density at radius 1 is 1.07 bits per heavy atom. The van der Waals surface area contributed by atoms with E-state index < -0.39 is 18.3 Å². The topological polar surface area (TPSA) is 99.7 Å². The van der Waals surface area contributed by atoms with Gasteiger partial charge in [-0.3, -0.25) is 14.0 Å². The molecule has 0 radical (unpaired) electrons. The molecule has 40 heavy (non-hydrogen) atoms. The lowest BCUT2D eigenvalue weighted by Crippen LogP contribution is -2.24. The first-order valence-corrected chi connectivity index (χ1v) is 12.0. The van der Waals surface area contributed by atoms with E-state index in [1.807, 2.05) is 6.20 Å². The third-order valence-electron chi connectivity index (χ3n) is 5.81. The average Bonchev–Trinajstić information content (AvgIpc) is 3.29. The number of rotatable bonds is 7. The maximum Gasteiger partial charge on any atom is 0.422 e. The van der Waals surface area contributed by atoms with E-state index >= 15 is 0 Å². The summed E-state index contributed by atoms with van der Waals surface area (Å²) in [7, 11) is 6.78. The maximum atomic E-state index is 14.0. The van der Waals surface area contributed by atoms with Crippen LogP contribution in [-0.2, 0) is 7.05 Å². The number of ether oxygens (including phenoxy) is 2. The molecule has 0 spiro atoms. The number of aryl methyl sites for hydroxylation is 1. The van der Waals surface area contributed by atoms with E-state index in [4.69, 9.17) is 9.47 Å². The minimum Gasteiger partial charge on any atom is -0.497 e. The van der Waals surface area contributed by atoms with Crippen LogP contribution in [0.2, 0.25) is 0 Å². The van der Waals surface area contributed by atoms with Gasteiger partial charge in [-0.2, -0.15) is 23.3 Å². The number of methoxy groups -OCH3 is 1. The largest absolute Gasteiger partial charge is 0.497 e. The summed E-state index contributed by atoms with van der Waals surface area (Å²) in [6.07, 6.45) is -1.30. The molecular weight excluding hydrogens is 527 g/mol. The number of aromatic nitrogens is 5. The molecule has 0 aliphatic carbocycles. The number of alkyl halides is 3. The van der Waals surface area contributed by atoms with Gasteiger partial charge in [-0.15, -0.1) is 0 Å². The van der Waals surface area contributed by atoms with Crippen LogP contribution in [0, 0.1) is 0 Å². The summed E-state index contributed by atoms with van der Waals surface area (Å²) in [5.74, 6) is 0.194. The van der Waals surface area contributed by atoms with Gasteiger partial charge in [0, 0.05) is 44.4 Å². The molecule has 5 rings (SSSR count). The number of fused-ring (bicyclic) bond motifs is 2. The van der Waals surface area contributed by atoms with Crippen LogP contribution in [-0.4, -0.2) is 69.5 Å². The number of pyridine rings is 1. The van der Waals surface area contributed by atoms with Crippen molar-refractivity contribution in [2.45, 2.75) is 6.18 Å². The minimum atomic E-state index is -4.59. The second-order valence-corrected chi connectivity index (χ2v) is 9.14. The summed E-state index contributed by atoms with van der Waals surface area (Å²) in [5.41, 5.74) is 1.56. The van der Waals surface area contributed by atoms with Crippen molar-refractivity contribution in [3.8, 4) is 28.6 Å². The number of hydrogen-bond donors (Lipinski definition) is 0. The molecule has 0 atom stereocenters. The van der Waals surface area contributed by atoms with Crippen molar-refractivity contribution in [2.24, 2.45) is 12.0 Å². The summed E-state index contributed by atoms with van der Waals surface area (Å²) < 4.78 is 52.1. The van der Waals surface area contributed by atoms with E-state index in [0.717, 1.165) is 10.9 Å². The molecule has 206 valence electrons. The Kier molecular flexibility index (Phi) is 6.88. The number of benzene rings is 2. The second-order valence-electron chi connectivity index (χ2n) is 9.14. The van der Waals surface area contributed by atoms with Gasteiger partial charge in [-0.1, -0.05) is 6.07 Å². The molecule has 13 heteroatoms. The van der Waals surface area contributed by atoms with Gasteiger partial charge in [-0.25, -0.2) is 9.98 Å². The highest BCUT2D eigenvalue weighted by atomic mass is 19.4. The van der Waals surface area contributed by atoms with Crippen LogP contribution in [0.5, 0.6) is 11.6 Å². The summed E-state index contributed by atoms with van der Waals surface area (Å²) in [5, 5.41) is 5.18. The van der Waals surface area contributed by atoms with Crippen molar-refractivity contribution in [1.29, 1.82) is 0 Å². The second kappa shape index (κ2) is 10.3.